The van der Waals surface area contributed by atoms with Gasteiger partial charge in [-0.1, -0.05) is 37.1 Å². The molecule has 1 aliphatic carbocycles. The first-order chi connectivity index (χ1) is 10.0. The number of methoxy groups -OCH3 is 1. The van der Waals surface area contributed by atoms with Gasteiger partial charge in [0.25, 0.3) is 0 Å². The monoisotopic (exact) mass is 290 g/mol. The lowest BCUT2D eigenvalue weighted by Gasteiger charge is -2.37. The molecule has 2 rings (SSSR count). The third-order valence-electron chi connectivity index (χ3n) is 4.37. The summed E-state index contributed by atoms with van der Waals surface area (Å²) in [5.74, 6) is 0.0136. The number of carbonyl (C=O) groups excluding carboxylic acids is 1. The first-order valence-electron chi connectivity index (χ1n) is 7.66. The van der Waals surface area contributed by atoms with Crippen LogP contribution in [-0.4, -0.2) is 18.6 Å². The van der Waals surface area contributed by atoms with Crippen LogP contribution < -0.4 is 11.1 Å². The van der Waals surface area contributed by atoms with Crippen molar-refractivity contribution in [1.82, 2.24) is 5.32 Å². The molecule has 0 heterocycles. The molecule has 4 nitrogen and oxygen atoms in total. The van der Waals surface area contributed by atoms with Crippen molar-refractivity contribution >= 4 is 5.91 Å². The second kappa shape index (κ2) is 7.05. The Hall–Kier alpha value is -1.39. The molecule has 3 N–H and O–H groups in total. The average Bonchev–Trinajstić information content (AvgIpc) is 2.46. The largest absolute Gasteiger partial charge is 0.380 e. The van der Waals surface area contributed by atoms with Gasteiger partial charge in [-0.3, -0.25) is 4.79 Å². The van der Waals surface area contributed by atoms with Gasteiger partial charge in [-0.05, 0) is 30.9 Å². The molecule has 0 bridgehead atoms. The van der Waals surface area contributed by atoms with Gasteiger partial charge in [0.2, 0.25) is 5.91 Å². The third kappa shape index (κ3) is 4.29. The Morgan fingerprint density at radius 2 is 2.00 bits per heavy atom. The maximum atomic E-state index is 12.3. The summed E-state index contributed by atoms with van der Waals surface area (Å²) in [6.07, 6.45) is 4.04. The molecule has 2 atom stereocenters. The van der Waals surface area contributed by atoms with Crippen LogP contribution in [0, 0.1) is 5.92 Å². The van der Waals surface area contributed by atoms with E-state index in [9.17, 15) is 4.79 Å². The zero-order chi connectivity index (χ0) is 15.3. The van der Waals surface area contributed by atoms with E-state index < -0.39 is 0 Å². The van der Waals surface area contributed by atoms with Gasteiger partial charge < -0.3 is 15.8 Å². The van der Waals surface area contributed by atoms with Crippen LogP contribution in [0.15, 0.2) is 24.3 Å². The molecule has 1 fully saturated rings. The smallest absolute Gasteiger partial charge is 0.225 e. The highest BCUT2D eigenvalue weighted by atomic mass is 16.5. The molecule has 0 radical (unpaired) electrons. The second-order valence-corrected chi connectivity index (χ2v) is 6.27. The van der Waals surface area contributed by atoms with E-state index in [-0.39, 0.29) is 17.4 Å². The lowest BCUT2D eigenvalue weighted by molar-refractivity contribution is -0.128. The van der Waals surface area contributed by atoms with Crippen LogP contribution >= 0.6 is 0 Å². The number of ether oxygens (including phenoxy) is 1. The fourth-order valence-electron chi connectivity index (χ4n) is 3.02. The molecule has 1 saturated carbocycles. The molecule has 0 aromatic heterocycles. The third-order valence-corrected chi connectivity index (χ3v) is 4.37. The number of rotatable bonds is 5. The summed E-state index contributed by atoms with van der Waals surface area (Å²) in [4.78, 5) is 12.3. The number of hydrogen-bond acceptors (Lipinski definition) is 3. The van der Waals surface area contributed by atoms with E-state index in [1.54, 1.807) is 7.11 Å². The van der Waals surface area contributed by atoms with Gasteiger partial charge in [0.15, 0.2) is 0 Å². The van der Waals surface area contributed by atoms with Crippen molar-refractivity contribution < 1.29 is 9.53 Å². The second-order valence-electron chi connectivity index (χ2n) is 6.27. The number of amides is 1. The van der Waals surface area contributed by atoms with Crippen molar-refractivity contribution in [2.75, 3.05) is 7.11 Å². The first kappa shape index (κ1) is 16.0. The van der Waals surface area contributed by atoms with Gasteiger partial charge in [0.05, 0.1) is 12.5 Å². The van der Waals surface area contributed by atoms with Crippen molar-refractivity contribution in [1.29, 1.82) is 0 Å². The predicted molar refractivity (Wildman–Crippen MR) is 83.6 cm³/mol. The Morgan fingerprint density at radius 3 is 2.62 bits per heavy atom. The summed E-state index contributed by atoms with van der Waals surface area (Å²) in [5, 5.41) is 3.03. The minimum Gasteiger partial charge on any atom is -0.380 e. The van der Waals surface area contributed by atoms with E-state index in [1.165, 1.54) is 0 Å². The Morgan fingerprint density at radius 1 is 1.33 bits per heavy atom. The standard InChI is InChI=1S/C17H26N2O2/c1-17(18)10-4-3-5-15(17)16(20)19-11-13-6-8-14(9-7-13)12-21-2/h6-9,15H,3-5,10-12,18H2,1-2H3,(H,19,20). The van der Waals surface area contributed by atoms with Gasteiger partial charge >= 0.3 is 0 Å². The summed E-state index contributed by atoms with van der Waals surface area (Å²) < 4.78 is 5.08. The van der Waals surface area contributed by atoms with E-state index in [4.69, 9.17) is 10.5 Å². The Balaban J connectivity index is 1.88. The molecule has 21 heavy (non-hydrogen) atoms. The van der Waals surface area contributed by atoms with Crippen LogP contribution in [0.25, 0.3) is 0 Å². The molecule has 4 heteroatoms. The summed E-state index contributed by atoms with van der Waals surface area (Å²) >= 11 is 0. The molecule has 0 aliphatic heterocycles. The highest BCUT2D eigenvalue weighted by Crippen LogP contribution is 2.31. The molecule has 2 unspecified atom stereocenters. The zero-order valence-corrected chi connectivity index (χ0v) is 13.0. The normalized spacial score (nSPS) is 25.6. The van der Waals surface area contributed by atoms with Crippen LogP contribution in [0.3, 0.4) is 0 Å². The van der Waals surface area contributed by atoms with Gasteiger partial charge in [-0.2, -0.15) is 0 Å². The molecule has 1 aromatic rings. The lowest BCUT2D eigenvalue weighted by atomic mass is 9.74. The van der Waals surface area contributed by atoms with Crippen LogP contribution in [0.4, 0.5) is 0 Å². The SMILES string of the molecule is COCc1ccc(CNC(=O)C2CCCCC2(C)N)cc1. The van der Waals surface area contributed by atoms with Crippen molar-refractivity contribution in [3.8, 4) is 0 Å². The number of benzene rings is 1. The highest BCUT2D eigenvalue weighted by Gasteiger charge is 2.37. The van der Waals surface area contributed by atoms with Crippen LogP contribution in [-0.2, 0) is 22.7 Å². The Labute approximate surface area is 127 Å². The summed E-state index contributed by atoms with van der Waals surface area (Å²) in [6.45, 7) is 3.16. The molecule has 1 aliphatic rings. The van der Waals surface area contributed by atoms with Crippen molar-refractivity contribution in [3.63, 3.8) is 0 Å². The minimum atomic E-state index is -0.370. The summed E-state index contributed by atoms with van der Waals surface area (Å²) in [5.41, 5.74) is 8.13. The predicted octanol–water partition coefficient (Wildman–Crippen LogP) is 2.36. The topological polar surface area (TPSA) is 64.3 Å². The average molecular weight is 290 g/mol. The van der Waals surface area contributed by atoms with Gasteiger partial charge in [-0.25, -0.2) is 0 Å². The quantitative estimate of drug-likeness (QED) is 0.875. The van der Waals surface area contributed by atoms with E-state index in [2.05, 4.69) is 5.32 Å². The van der Waals surface area contributed by atoms with Crippen LogP contribution in [0.5, 0.6) is 0 Å². The number of hydrogen-bond donors (Lipinski definition) is 2. The summed E-state index contributed by atoms with van der Waals surface area (Å²) in [6, 6.07) is 8.10. The maximum absolute atomic E-state index is 12.3. The van der Waals surface area contributed by atoms with Crippen molar-refractivity contribution in [3.05, 3.63) is 35.4 Å². The molecule has 1 amide bonds. The van der Waals surface area contributed by atoms with Gasteiger partial charge in [0, 0.05) is 19.2 Å². The molecular weight excluding hydrogens is 264 g/mol. The van der Waals surface area contributed by atoms with E-state index >= 15 is 0 Å². The van der Waals surface area contributed by atoms with Crippen LogP contribution in [0.1, 0.15) is 43.7 Å². The summed E-state index contributed by atoms with van der Waals surface area (Å²) in [7, 11) is 1.68. The zero-order valence-electron chi connectivity index (χ0n) is 13.0. The molecule has 116 valence electrons. The van der Waals surface area contributed by atoms with Crippen molar-refractivity contribution in [2.24, 2.45) is 11.7 Å². The van der Waals surface area contributed by atoms with Crippen molar-refractivity contribution in [2.45, 2.75) is 51.3 Å². The fraction of sp³-hybridized carbons (Fsp3) is 0.588. The highest BCUT2D eigenvalue weighted by molar-refractivity contribution is 5.80. The number of nitrogens with two attached hydrogens (primary N) is 1. The van der Waals surface area contributed by atoms with Gasteiger partial charge in [0.1, 0.15) is 0 Å². The van der Waals surface area contributed by atoms with E-state index in [0.717, 1.165) is 36.8 Å². The first-order valence-corrected chi connectivity index (χ1v) is 7.66. The molecule has 0 saturated heterocycles. The Kier molecular flexibility index (Phi) is 5.37. The Bertz CT molecular complexity index is 468. The molecule has 0 spiro atoms. The number of nitrogens with one attached hydrogen (secondary N) is 1. The number of carbonyl (C=O) groups is 1. The maximum Gasteiger partial charge on any atom is 0.225 e. The van der Waals surface area contributed by atoms with Crippen LogP contribution in [0.2, 0.25) is 0 Å². The van der Waals surface area contributed by atoms with E-state index in [1.807, 2.05) is 31.2 Å². The molecular formula is C17H26N2O2. The van der Waals surface area contributed by atoms with E-state index in [0.29, 0.717) is 13.2 Å². The fourth-order valence-corrected chi connectivity index (χ4v) is 3.02. The molecule has 1 aromatic carbocycles. The minimum absolute atomic E-state index is 0.0704. The van der Waals surface area contributed by atoms with Gasteiger partial charge in [-0.15, -0.1) is 0 Å². The lowest BCUT2D eigenvalue weighted by Crippen LogP contribution is -2.52.